The highest BCUT2D eigenvalue weighted by atomic mass is 16.5. The highest BCUT2D eigenvalue weighted by molar-refractivity contribution is 5.85. The topological polar surface area (TPSA) is 64.3 Å². The zero-order valence-electron chi connectivity index (χ0n) is 18.4. The Balaban J connectivity index is 1.36. The average Bonchev–Trinajstić information content (AvgIpc) is 3.19. The van der Waals surface area contributed by atoms with Crippen LogP contribution >= 0.6 is 0 Å². The fourth-order valence-electron chi connectivity index (χ4n) is 5.36. The van der Waals surface area contributed by atoms with Crippen LogP contribution in [-0.4, -0.2) is 34.1 Å². The number of rotatable bonds is 7. The summed E-state index contributed by atoms with van der Waals surface area (Å²) < 4.78 is 7.62. The van der Waals surface area contributed by atoms with Gasteiger partial charge >= 0.3 is 5.97 Å². The van der Waals surface area contributed by atoms with E-state index in [0.29, 0.717) is 18.4 Å². The molecule has 2 aliphatic carbocycles. The van der Waals surface area contributed by atoms with Crippen molar-refractivity contribution in [2.75, 3.05) is 13.2 Å². The molecule has 2 aromatic carbocycles. The smallest absolute Gasteiger partial charge is 0.329 e. The number of aryl methyl sites for hydroxylation is 1. The lowest BCUT2D eigenvalue weighted by atomic mass is 9.82. The van der Waals surface area contributed by atoms with Gasteiger partial charge in [-0.2, -0.15) is 5.10 Å². The molecule has 32 heavy (non-hydrogen) atoms. The molecule has 1 N–H and O–H groups in total. The van der Waals surface area contributed by atoms with Crippen molar-refractivity contribution in [3.63, 3.8) is 0 Å². The number of nitrogens with zero attached hydrogens (tertiary/aromatic N) is 2. The minimum absolute atomic E-state index is 0.191. The number of aromatic nitrogens is 2. The van der Waals surface area contributed by atoms with Gasteiger partial charge < -0.3 is 9.84 Å². The summed E-state index contributed by atoms with van der Waals surface area (Å²) in [4.78, 5) is 10.7. The molecular formula is C27H30N2O3. The zero-order chi connectivity index (χ0) is 21.9. The van der Waals surface area contributed by atoms with Gasteiger partial charge in [-0.25, -0.2) is 4.79 Å². The lowest BCUT2D eigenvalue weighted by Gasteiger charge is -2.29. The van der Waals surface area contributed by atoms with Crippen molar-refractivity contribution in [3.05, 3.63) is 65.9 Å². The fourth-order valence-corrected chi connectivity index (χ4v) is 5.36. The molecule has 0 radical (unpaired) electrons. The molecule has 5 rings (SSSR count). The van der Waals surface area contributed by atoms with Crippen molar-refractivity contribution in [1.29, 1.82) is 0 Å². The number of fused-ring (bicyclic) bond motifs is 3. The summed E-state index contributed by atoms with van der Waals surface area (Å²) in [5, 5.41) is 13.9. The fraction of sp³-hybridized carbons (Fsp3) is 0.407. The Bertz CT molecular complexity index is 1080. The van der Waals surface area contributed by atoms with Crippen LogP contribution in [0, 0.1) is 11.8 Å². The minimum atomic E-state index is -0.891. The van der Waals surface area contributed by atoms with Crippen LogP contribution in [0.15, 0.2) is 54.6 Å². The SMILES string of the molecule is O=C(O)COC[C@H]1CC[C@H](Cn2nc(-c3ccccc3)c3c2CCc2ccccc2-3)CC1. The van der Waals surface area contributed by atoms with Gasteiger partial charge in [-0.15, -0.1) is 0 Å². The van der Waals surface area contributed by atoms with Crippen LogP contribution in [0.2, 0.25) is 0 Å². The number of carbonyl (C=O) groups is 1. The third-order valence-corrected chi connectivity index (χ3v) is 7.00. The lowest BCUT2D eigenvalue weighted by Crippen LogP contribution is -2.24. The molecule has 2 aliphatic rings. The van der Waals surface area contributed by atoms with Gasteiger partial charge in [0.25, 0.3) is 0 Å². The molecule has 0 atom stereocenters. The molecule has 166 valence electrons. The first-order chi connectivity index (χ1) is 15.7. The number of benzene rings is 2. The second-order valence-corrected chi connectivity index (χ2v) is 9.17. The molecule has 0 bridgehead atoms. The van der Waals surface area contributed by atoms with Crippen molar-refractivity contribution in [3.8, 4) is 22.4 Å². The van der Waals surface area contributed by atoms with Crippen LogP contribution in [0.4, 0.5) is 0 Å². The lowest BCUT2D eigenvalue weighted by molar-refractivity contribution is -0.142. The van der Waals surface area contributed by atoms with Crippen molar-refractivity contribution in [1.82, 2.24) is 9.78 Å². The second-order valence-electron chi connectivity index (χ2n) is 9.17. The monoisotopic (exact) mass is 430 g/mol. The summed E-state index contributed by atoms with van der Waals surface area (Å²) in [5.41, 5.74) is 7.71. The van der Waals surface area contributed by atoms with Gasteiger partial charge in [0.05, 0.1) is 6.61 Å². The molecule has 3 aromatic rings. The molecule has 1 fully saturated rings. The summed E-state index contributed by atoms with van der Waals surface area (Å²) in [6, 6.07) is 19.3. The number of carboxylic acids is 1. The molecule has 0 amide bonds. The van der Waals surface area contributed by atoms with Gasteiger partial charge in [0, 0.05) is 23.4 Å². The summed E-state index contributed by atoms with van der Waals surface area (Å²) in [6.07, 6.45) is 6.59. The van der Waals surface area contributed by atoms with Gasteiger partial charge in [0.15, 0.2) is 0 Å². The van der Waals surface area contributed by atoms with E-state index >= 15 is 0 Å². The van der Waals surface area contributed by atoms with E-state index in [1.807, 2.05) is 0 Å². The Hall–Kier alpha value is -2.92. The number of carboxylic acid groups (broad SMARTS) is 1. The Labute approximate surface area is 189 Å². The Kier molecular flexibility index (Phi) is 6.08. The quantitative estimate of drug-likeness (QED) is 0.558. The van der Waals surface area contributed by atoms with Crippen molar-refractivity contribution in [2.45, 2.75) is 45.1 Å². The van der Waals surface area contributed by atoms with E-state index in [9.17, 15) is 4.79 Å². The van der Waals surface area contributed by atoms with E-state index in [0.717, 1.165) is 50.8 Å². The normalized spacial score (nSPS) is 19.9. The van der Waals surface area contributed by atoms with E-state index in [4.69, 9.17) is 14.9 Å². The highest BCUT2D eigenvalue weighted by Gasteiger charge is 2.28. The van der Waals surface area contributed by atoms with Gasteiger partial charge in [0.2, 0.25) is 0 Å². The number of ether oxygens (including phenoxy) is 1. The van der Waals surface area contributed by atoms with E-state index in [2.05, 4.69) is 59.3 Å². The van der Waals surface area contributed by atoms with E-state index < -0.39 is 5.97 Å². The standard InChI is InChI=1S/C27H30N2O3/c30-25(31)18-32-17-20-12-10-19(11-13-20)16-29-24-15-14-21-6-4-5-9-23(21)26(24)27(28-29)22-7-2-1-3-8-22/h1-9,19-20H,10-18H2,(H,30,31)/t19-,20-. The molecule has 0 aliphatic heterocycles. The summed E-state index contributed by atoms with van der Waals surface area (Å²) >= 11 is 0. The van der Waals surface area contributed by atoms with E-state index in [-0.39, 0.29) is 6.61 Å². The first-order valence-electron chi connectivity index (χ1n) is 11.7. The maximum absolute atomic E-state index is 10.7. The molecular weight excluding hydrogens is 400 g/mol. The Morgan fingerprint density at radius 2 is 1.69 bits per heavy atom. The third kappa shape index (κ3) is 4.35. The zero-order valence-corrected chi connectivity index (χ0v) is 18.4. The first kappa shape index (κ1) is 21.0. The summed E-state index contributed by atoms with van der Waals surface area (Å²) in [5.74, 6) is 0.192. The molecule has 1 aromatic heterocycles. The van der Waals surface area contributed by atoms with Gasteiger partial charge in [-0.05, 0) is 61.5 Å². The molecule has 0 saturated heterocycles. The van der Waals surface area contributed by atoms with Crippen LogP contribution in [0.1, 0.15) is 36.9 Å². The van der Waals surface area contributed by atoms with Gasteiger partial charge in [-0.1, -0.05) is 54.6 Å². The minimum Gasteiger partial charge on any atom is -0.480 e. The number of aliphatic carboxylic acids is 1. The van der Waals surface area contributed by atoms with Crippen molar-refractivity contribution < 1.29 is 14.6 Å². The Morgan fingerprint density at radius 1 is 0.969 bits per heavy atom. The van der Waals surface area contributed by atoms with Crippen LogP contribution in [0.3, 0.4) is 0 Å². The van der Waals surface area contributed by atoms with Crippen LogP contribution in [-0.2, 0) is 28.9 Å². The Morgan fingerprint density at radius 3 is 2.47 bits per heavy atom. The van der Waals surface area contributed by atoms with Crippen molar-refractivity contribution in [2.24, 2.45) is 11.8 Å². The number of hydrogen-bond donors (Lipinski definition) is 1. The number of hydrogen-bond acceptors (Lipinski definition) is 3. The molecule has 0 spiro atoms. The summed E-state index contributed by atoms with van der Waals surface area (Å²) in [7, 11) is 0. The molecule has 5 nitrogen and oxygen atoms in total. The molecule has 5 heteroatoms. The average molecular weight is 431 g/mol. The van der Waals surface area contributed by atoms with Crippen molar-refractivity contribution >= 4 is 5.97 Å². The van der Waals surface area contributed by atoms with E-state index in [1.165, 1.54) is 27.9 Å². The first-order valence-corrected chi connectivity index (χ1v) is 11.7. The molecule has 0 unspecified atom stereocenters. The van der Waals surface area contributed by atoms with Crippen LogP contribution < -0.4 is 0 Å². The predicted octanol–water partition coefficient (Wildman–Crippen LogP) is 5.22. The second kappa shape index (κ2) is 9.29. The van der Waals surface area contributed by atoms with Crippen LogP contribution in [0.25, 0.3) is 22.4 Å². The molecule has 1 heterocycles. The van der Waals surface area contributed by atoms with Gasteiger partial charge in [0.1, 0.15) is 12.3 Å². The highest BCUT2D eigenvalue weighted by Crippen LogP contribution is 2.41. The third-order valence-electron chi connectivity index (χ3n) is 7.00. The summed E-state index contributed by atoms with van der Waals surface area (Å²) in [6.45, 7) is 1.33. The molecule has 1 saturated carbocycles. The van der Waals surface area contributed by atoms with E-state index in [1.54, 1.807) is 0 Å². The maximum Gasteiger partial charge on any atom is 0.329 e. The van der Waals surface area contributed by atoms with Gasteiger partial charge in [-0.3, -0.25) is 4.68 Å². The largest absolute Gasteiger partial charge is 0.480 e. The van der Waals surface area contributed by atoms with Crippen LogP contribution in [0.5, 0.6) is 0 Å². The predicted molar refractivity (Wildman–Crippen MR) is 124 cm³/mol. The maximum atomic E-state index is 10.7.